The Bertz CT molecular complexity index is 687. The third-order valence-corrected chi connectivity index (χ3v) is 3.39. The van der Waals surface area contributed by atoms with Crippen LogP contribution in [0.15, 0.2) is 23.5 Å². The molecule has 2 aromatic heterocycles. The number of nitrogens with zero attached hydrogens (tertiary/aromatic N) is 5. The quantitative estimate of drug-likeness (QED) is 0.866. The summed E-state index contributed by atoms with van der Waals surface area (Å²) in [7, 11) is 1.76. The second kappa shape index (κ2) is 5.24. The first-order valence-corrected chi connectivity index (χ1v) is 6.53. The van der Waals surface area contributed by atoms with Gasteiger partial charge >= 0.3 is 0 Å². The minimum absolute atomic E-state index is 0.928. The summed E-state index contributed by atoms with van der Waals surface area (Å²) in [5.41, 5.74) is 5.50. The molecule has 0 saturated carbocycles. The average molecular weight is 268 g/mol. The number of fused-ring (bicyclic) bond motifs is 1. The topological polar surface area (TPSA) is 71.8 Å². The number of aliphatic imine (C=N–C) groups is 1. The fourth-order valence-electron chi connectivity index (χ4n) is 2.33. The molecule has 0 aromatic carbocycles. The highest BCUT2D eigenvalue weighted by Crippen LogP contribution is 2.29. The van der Waals surface area contributed by atoms with Crippen molar-refractivity contribution in [2.75, 3.05) is 7.05 Å². The van der Waals surface area contributed by atoms with Gasteiger partial charge in [0.2, 0.25) is 0 Å². The van der Waals surface area contributed by atoms with Crippen molar-refractivity contribution in [1.29, 1.82) is 0 Å². The number of aromatic amines is 1. The van der Waals surface area contributed by atoms with Crippen LogP contribution in [0.3, 0.4) is 0 Å². The summed E-state index contributed by atoms with van der Waals surface area (Å²) in [6.07, 6.45) is 11.3. The second-order valence-corrected chi connectivity index (χ2v) is 4.70. The van der Waals surface area contributed by atoms with Gasteiger partial charge in [0.15, 0.2) is 0 Å². The van der Waals surface area contributed by atoms with Crippen LogP contribution >= 0.6 is 0 Å². The SMILES string of the molecule is CN=C/C=C(\C)c1n[nH]c2c1C=C(n1ccnn1)CC2. The van der Waals surface area contributed by atoms with E-state index in [1.807, 2.05) is 23.9 Å². The molecule has 1 N–H and O–H groups in total. The lowest BCUT2D eigenvalue weighted by Crippen LogP contribution is -2.05. The zero-order chi connectivity index (χ0) is 13.9. The van der Waals surface area contributed by atoms with E-state index >= 15 is 0 Å². The zero-order valence-corrected chi connectivity index (χ0v) is 11.5. The van der Waals surface area contributed by atoms with Crippen molar-refractivity contribution in [3.63, 3.8) is 0 Å². The van der Waals surface area contributed by atoms with E-state index in [9.17, 15) is 0 Å². The minimum Gasteiger partial charge on any atom is -0.297 e. The summed E-state index contributed by atoms with van der Waals surface area (Å²) in [5, 5.41) is 15.5. The van der Waals surface area contributed by atoms with E-state index in [1.54, 1.807) is 19.5 Å². The van der Waals surface area contributed by atoms with Crippen molar-refractivity contribution < 1.29 is 0 Å². The van der Waals surface area contributed by atoms with E-state index in [-0.39, 0.29) is 0 Å². The van der Waals surface area contributed by atoms with Crippen LogP contribution in [-0.4, -0.2) is 38.5 Å². The molecule has 6 heteroatoms. The Balaban J connectivity index is 2.02. The smallest absolute Gasteiger partial charge is 0.0954 e. The highest BCUT2D eigenvalue weighted by atomic mass is 15.4. The van der Waals surface area contributed by atoms with Gasteiger partial charge in [0.25, 0.3) is 0 Å². The van der Waals surface area contributed by atoms with Crippen molar-refractivity contribution in [3.05, 3.63) is 35.4 Å². The summed E-state index contributed by atoms with van der Waals surface area (Å²) in [6.45, 7) is 2.04. The molecular weight excluding hydrogens is 252 g/mol. The predicted octanol–water partition coefficient (Wildman–Crippen LogP) is 2.05. The lowest BCUT2D eigenvalue weighted by Gasteiger charge is -2.13. The molecule has 2 aromatic rings. The summed E-state index contributed by atoms with van der Waals surface area (Å²) < 4.78 is 1.81. The van der Waals surface area contributed by atoms with E-state index in [0.29, 0.717) is 0 Å². The van der Waals surface area contributed by atoms with Gasteiger partial charge in [-0.05, 0) is 37.5 Å². The molecule has 0 amide bonds. The van der Waals surface area contributed by atoms with Gasteiger partial charge in [-0.25, -0.2) is 4.68 Å². The molecule has 2 heterocycles. The molecule has 0 spiro atoms. The normalized spacial score (nSPS) is 15.5. The van der Waals surface area contributed by atoms with Gasteiger partial charge in [-0.3, -0.25) is 10.1 Å². The van der Waals surface area contributed by atoms with Crippen LogP contribution in [0.2, 0.25) is 0 Å². The van der Waals surface area contributed by atoms with Gasteiger partial charge in [-0.2, -0.15) is 5.10 Å². The maximum Gasteiger partial charge on any atom is 0.0954 e. The molecule has 102 valence electrons. The van der Waals surface area contributed by atoms with Gasteiger partial charge < -0.3 is 0 Å². The van der Waals surface area contributed by atoms with Gasteiger partial charge in [-0.15, -0.1) is 5.10 Å². The molecule has 0 fully saturated rings. The molecule has 0 aliphatic heterocycles. The third-order valence-electron chi connectivity index (χ3n) is 3.39. The Kier molecular flexibility index (Phi) is 3.28. The standard InChI is InChI=1S/C14H16N6/c1-10(5-6-15-2)14-12-9-11(20-8-7-16-19-20)3-4-13(12)17-18-14/h5-9H,3-4H2,1-2H3,(H,17,18)/b10-5+,15-6?. The summed E-state index contributed by atoms with van der Waals surface area (Å²) >= 11 is 0. The van der Waals surface area contributed by atoms with Crippen LogP contribution in [0.1, 0.15) is 30.3 Å². The first-order valence-electron chi connectivity index (χ1n) is 6.53. The number of allylic oxidation sites excluding steroid dienone is 3. The van der Waals surface area contributed by atoms with Crippen LogP contribution in [0.25, 0.3) is 17.3 Å². The number of rotatable bonds is 3. The minimum atomic E-state index is 0.928. The largest absolute Gasteiger partial charge is 0.297 e. The van der Waals surface area contributed by atoms with Gasteiger partial charge in [0.1, 0.15) is 0 Å². The fourth-order valence-corrected chi connectivity index (χ4v) is 2.33. The summed E-state index contributed by atoms with van der Waals surface area (Å²) in [4.78, 5) is 3.98. The van der Waals surface area contributed by atoms with E-state index in [4.69, 9.17) is 0 Å². The summed E-state index contributed by atoms with van der Waals surface area (Å²) in [6, 6.07) is 0. The molecule has 6 nitrogen and oxygen atoms in total. The van der Waals surface area contributed by atoms with Gasteiger partial charge in [0.05, 0.1) is 18.1 Å². The third kappa shape index (κ3) is 2.20. The Morgan fingerprint density at radius 3 is 3.10 bits per heavy atom. The maximum absolute atomic E-state index is 4.42. The van der Waals surface area contributed by atoms with E-state index < -0.39 is 0 Å². The first-order chi connectivity index (χ1) is 9.79. The molecular formula is C14H16N6. The van der Waals surface area contributed by atoms with Gasteiger partial charge in [-0.1, -0.05) is 5.21 Å². The molecule has 0 saturated heterocycles. The van der Waals surface area contributed by atoms with Crippen LogP contribution in [0.4, 0.5) is 0 Å². The zero-order valence-electron chi connectivity index (χ0n) is 11.5. The molecule has 0 unspecified atom stereocenters. The molecule has 3 rings (SSSR count). The van der Waals surface area contributed by atoms with Crippen LogP contribution in [0, 0.1) is 0 Å². The molecule has 0 atom stereocenters. The lowest BCUT2D eigenvalue weighted by molar-refractivity contribution is 0.773. The monoisotopic (exact) mass is 268 g/mol. The summed E-state index contributed by atoms with van der Waals surface area (Å²) in [5.74, 6) is 0. The number of hydrogen-bond acceptors (Lipinski definition) is 4. The second-order valence-electron chi connectivity index (χ2n) is 4.70. The highest BCUT2D eigenvalue weighted by molar-refractivity contribution is 5.87. The van der Waals surface area contributed by atoms with Crippen molar-refractivity contribution in [3.8, 4) is 0 Å². The van der Waals surface area contributed by atoms with E-state index in [1.165, 1.54) is 5.69 Å². The molecule has 1 aliphatic rings. The van der Waals surface area contributed by atoms with E-state index in [2.05, 4.69) is 31.6 Å². The number of hydrogen-bond donors (Lipinski definition) is 1. The maximum atomic E-state index is 4.42. The van der Waals surface area contributed by atoms with Crippen LogP contribution in [-0.2, 0) is 6.42 Å². The Labute approximate surface area is 116 Å². The van der Waals surface area contributed by atoms with Crippen molar-refractivity contribution in [2.24, 2.45) is 4.99 Å². The van der Waals surface area contributed by atoms with Crippen molar-refractivity contribution in [1.82, 2.24) is 25.2 Å². The number of aromatic nitrogens is 5. The van der Waals surface area contributed by atoms with Crippen LogP contribution < -0.4 is 0 Å². The predicted molar refractivity (Wildman–Crippen MR) is 79.2 cm³/mol. The number of aryl methyl sites for hydroxylation is 1. The van der Waals surface area contributed by atoms with Gasteiger partial charge in [0, 0.05) is 30.2 Å². The first kappa shape index (κ1) is 12.5. The van der Waals surface area contributed by atoms with Crippen molar-refractivity contribution in [2.45, 2.75) is 19.8 Å². The highest BCUT2D eigenvalue weighted by Gasteiger charge is 2.18. The molecule has 0 bridgehead atoms. The van der Waals surface area contributed by atoms with E-state index in [0.717, 1.165) is 35.4 Å². The Morgan fingerprint density at radius 1 is 1.45 bits per heavy atom. The molecule has 1 aliphatic carbocycles. The number of nitrogens with one attached hydrogen (secondary N) is 1. The Hall–Kier alpha value is -2.50. The average Bonchev–Trinajstić information content (AvgIpc) is 3.12. The van der Waals surface area contributed by atoms with Crippen molar-refractivity contribution >= 4 is 23.6 Å². The Morgan fingerprint density at radius 2 is 2.35 bits per heavy atom. The molecule has 20 heavy (non-hydrogen) atoms. The fraction of sp³-hybridized carbons (Fsp3) is 0.286. The lowest BCUT2D eigenvalue weighted by atomic mass is 9.98. The molecule has 0 radical (unpaired) electrons. The number of H-pyrrole nitrogens is 1. The van der Waals surface area contributed by atoms with Crippen LogP contribution in [0.5, 0.6) is 0 Å².